The standard InChI is InChI=1S/C12H11N3OSSe/c1-2-5-10-13-14-12(17-10)15-11(16)8-6-3-4-7-9(8)18-15/h3-4,6-7H,2,5H2,1H3. The van der Waals surface area contributed by atoms with Gasteiger partial charge in [-0.25, -0.2) is 0 Å². The first-order valence-corrected chi connectivity index (χ1v) is 8.17. The van der Waals surface area contributed by atoms with Gasteiger partial charge in [-0.15, -0.1) is 0 Å². The van der Waals surface area contributed by atoms with E-state index in [9.17, 15) is 4.79 Å². The Hall–Kier alpha value is -1.23. The van der Waals surface area contributed by atoms with Crippen molar-refractivity contribution in [1.82, 2.24) is 13.8 Å². The second kappa shape index (κ2) is 4.80. The molecular weight excluding hydrogens is 313 g/mol. The molecule has 0 aliphatic rings. The van der Waals surface area contributed by atoms with Gasteiger partial charge < -0.3 is 0 Å². The fraction of sp³-hybridized carbons (Fsp3) is 0.250. The van der Waals surface area contributed by atoms with Crippen LogP contribution >= 0.6 is 11.3 Å². The molecule has 0 bridgehead atoms. The molecule has 0 unspecified atom stereocenters. The molecule has 3 aromatic rings. The molecule has 18 heavy (non-hydrogen) atoms. The minimum absolute atomic E-state index is 0.00328. The number of aryl methyl sites for hydroxylation is 1. The Labute approximate surface area is 114 Å². The third-order valence-electron chi connectivity index (χ3n) is 2.59. The van der Waals surface area contributed by atoms with Gasteiger partial charge in [-0.2, -0.15) is 0 Å². The Kier molecular flexibility index (Phi) is 3.16. The van der Waals surface area contributed by atoms with Crippen LogP contribution in [0.1, 0.15) is 18.4 Å². The average molecular weight is 324 g/mol. The first-order chi connectivity index (χ1) is 8.79. The molecule has 3 rings (SSSR count). The molecule has 0 atom stereocenters. The van der Waals surface area contributed by atoms with Gasteiger partial charge in [0.25, 0.3) is 0 Å². The Morgan fingerprint density at radius 1 is 1.33 bits per heavy atom. The molecule has 4 nitrogen and oxygen atoms in total. The summed E-state index contributed by atoms with van der Waals surface area (Å²) in [4.78, 5) is 12.2. The average Bonchev–Trinajstić information content (AvgIpc) is 2.96. The third-order valence-corrected chi connectivity index (χ3v) is 6.07. The van der Waals surface area contributed by atoms with Crippen molar-refractivity contribution in [2.45, 2.75) is 19.8 Å². The molecule has 1 aromatic carbocycles. The van der Waals surface area contributed by atoms with Gasteiger partial charge in [0.05, 0.1) is 0 Å². The van der Waals surface area contributed by atoms with E-state index in [-0.39, 0.29) is 20.3 Å². The molecule has 92 valence electrons. The number of rotatable bonds is 3. The molecule has 0 amide bonds. The monoisotopic (exact) mass is 325 g/mol. The van der Waals surface area contributed by atoms with Crippen molar-refractivity contribution in [1.29, 1.82) is 0 Å². The van der Waals surface area contributed by atoms with Crippen molar-refractivity contribution in [3.05, 3.63) is 39.6 Å². The summed E-state index contributed by atoms with van der Waals surface area (Å²) in [5, 5.41) is 10.8. The number of benzene rings is 1. The van der Waals surface area contributed by atoms with E-state index in [0.29, 0.717) is 0 Å². The minimum atomic E-state index is -0.00328. The van der Waals surface area contributed by atoms with Crippen LogP contribution in [0.5, 0.6) is 0 Å². The van der Waals surface area contributed by atoms with Crippen molar-refractivity contribution in [2.75, 3.05) is 0 Å². The van der Waals surface area contributed by atoms with Crippen LogP contribution in [0.4, 0.5) is 0 Å². The van der Waals surface area contributed by atoms with Crippen molar-refractivity contribution >= 4 is 35.7 Å². The van der Waals surface area contributed by atoms with E-state index in [4.69, 9.17) is 0 Å². The van der Waals surface area contributed by atoms with E-state index >= 15 is 0 Å². The normalized spacial score (nSPS) is 11.2. The molecule has 0 aliphatic heterocycles. The van der Waals surface area contributed by atoms with Crippen LogP contribution in [0.25, 0.3) is 14.8 Å². The van der Waals surface area contributed by atoms with Gasteiger partial charge in [0.1, 0.15) is 0 Å². The zero-order valence-electron chi connectivity index (χ0n) is 9.79. The summed E-state index contributed by atoms with van der Waals surface area (Å²) < 4.78 is 2.90. The van der Waals surface area contributed by atoms with Crippen LogP contribution in [-0.2, 0) is 6.42 Å². The number of hydrogen-bond donors (Lipinski definition) is 0. The maximum atomic E-state index is 12.2. The van der Waals surface area contributed by atoms with E-state index < -0.39 is 0 Å². The second-order valence-corrected chi connectivity index (χ2v) is 7.03. The molecule has 0 spiro atoms. The van der Waals surface area contributed by atoms with E-state index in [1.54, 1.807) is 3.56 Å². The van der Waals surface area contributed by atoms with Crippen LogP contribution in [0.15, 0.2) is 29.1 Å². The van der Waals surface area contributed by atoms with Gasteiger partial charge in [-0.3, -0.25) is 0 Å². The maximum absolute atomic E-state index is 12.2. The first kappa shape index (κ1) is 11.8. The Morgan fingerprint density at radius 2 is 2.17 bits per heavy atom. The summed E-state index contributed by atoms with van der Waals surface area (Å²) in [5.41, 5.74) is 0.0600. The summed E-state index contributed by atoms with van der Waals surface area (Å²) >= 11 is 1.52. The van der Waals surface area contributed by atoms with Gasteiger partial charge in [-0.05, 0) is 0 Å². The van der Waals surface area contributed by atoms with E-state index in [0.717, 1.165) is 32.6 Å². The number of nitrogens with zero attached hydrogens (tertiary/aromatic N) is 3. The number of aromatic nitrogens is 3. The Balaban J connectivity index is 2.13. The van der Waals surface area contributed by atoms with Gasteiger partial charge in [0.15, 0.2) is 0 Å². The van der Waals surface area contributed by atoms with E-state index in [1.807, 2.05) is 24.3 Å². The van der Waals surface area contributed by atoms with Crippen LogP contribution in [0, 0.1) is 0 Å². The topological polar surface area (TPSA) is 47.8 Å². The summed E-state index contributed by atoms with van der Waals surface area (Å²) in [6, 6.07) is 7.77. The second-order valence-electron chi connectivity index (χ2n) is 3.92. The predicted molar refractivity (Wildman–Crippen MR) is 73.9 cm³/mol. The zero-order chi connectivity index (χ0) is 12.5. The van der Waals surface area contributed by atoms with Crippen molar-refractivity contribution in [3.63, 3.8) is 0 Å². The summed E-state index contributed by atoms with van der Waals surface area (Å²) in [5.74, 6) is 0. The van der Waals surface area contributed by atoms with Crippen LogP contribution in [-0.4, -0.2) is 28.5 Å². The molecule has 0 radical (unpaired) electrons. The van der Waals surface area contributed by atoms with Crippen LogP contribution < -0.4 is 5.56 Å². The Morgan fingerprint density at radius 3 is 2.94 bits per heavy atom. The number of hydrogen-bond acceptors (Lipinski definition) is 4. The fourth-order valence-corrected chi connectivity index (χ4v) is 4.87. The summed E-state index contributed by atoms with van der Waals surface area (Å²) in [6.45, 7) is 2.11. The molecule has 0 N–H and O–H groups in total. The zero-order valence-corrected chi connectivity index (χ0v) is 12.3. The molecule has 0 aliphatic carbocycles. The third kappa shape index (κ3) is 1.96. The molecule has 0 saturated heterocycles. The van der Waals surface area contributed by atoms with Crippen molar-refractivity contribution < 1.29 is 0 Å². The van der Waals surface area contributed by atoms with Crippen molar-refractivity contribution in [3.8, 4) is 5.13 Å². The van der Waals surface area contributed by atoms with Gasteiger partial charge >= 0.3 is 114 Å². The summed E-state index contributed by atoms with van der Waals surface area (Å²) in [6.07, 6.45) is 1.98. The van der Waals surface area contributed by atoms with Crippen LogP contribution in [0.3, 0.4) is 0 Å². The number of fused-ring (bicyclic) bond motifs is 1. The first-order valence-electron chi connectivity index (χ1n) is 5.73. The van der Waals surface area contributed by atoms with Gasteiger partial charge in [0.2, 0.25) is 0 Å². The summed E-state index contributed by atoms with van der Waals surface area (Å²) in [7, 11) is 0. The fourth-order valence-electron chi connectivity index (χ4n) is 1.74. The van der Waals surface area contributed by atoms with Gasteiger partial charge in [-0.1, -0.05) is 0 Å². The molecule has 2 heterocycles. The molecule has 0 saturated carbocycles. The molecule has 2 aromatic heterocycles. The molecular formula is C12H11N3OSSe. The van der Waals surface area contributed by atoms with Crippen LogP contribution in [0.2, 0.25) is 0 Å². The molecule has 0 fully saturated rings. The van der Waals surface area contributed by atoms with E-state index in [1.165, 1.54) is 11.3 Å². The molecule has 6 heteroatoms. The van der Waals surface area contributed by atoms with Gasteiger partial charge in [0, 0.05) is 0 Å². The van der Waals surface area contributed by atoms with Crippen molar-refractivity contribution in [2.24, 2.45) is 0 Å². The van der Waals surface area contributed by atoms with E-state index in [2.05, 4.69) is 17.1 Å². The predicted octanol–water partition coefficient (Wildman–Crippen LogP) is 1.85. The quantitative estimate of drug-likeness (QED) is 0.691. The SMILES string of the molecule is CCCc1nnc(-n2[se]c3ccccc3c2=O)s1. The Bertz CT molecular complexity index is 743.